The van der Waals surface area contributed by atoms with Crippen LogP contribution < -0.4 is 9.47 Å². The zero-order valence-electron chi connectivity index (χ0n) is 17.3. The van der Waals surface area contributed by atoms with Crippen LogP contribution in [0.15, 0.2) is 52.2 Å². The highest BCUT2D eigenvalue weighted by Gasteiger charge is 2.32. The average molecular weight is 459 g/mol. The Balaban J connectivity index is 1.42. The molecule has 4 rings (SSSR count). The summed E-state index contributed by atoms with van der Waals surface area (Å²) in [5.41, 5.74) is 2.66. The van der Waals surface area contributed by atoms with E-state index in [1.165, 1.54) is 35.2 Å². The molecule has 0 radical (unpaired) electrons. The van der Waals surface area contributed by atoms with Crippen molar-refractivity contribution in [3.63, 3.8) is 0 Å². The summed E-state index contributed by atoms with van der Waals surface area (Å²) >= 11 is 2.93. The topological polar surface area (TPSA) is 51.7 Å². The minimum atomic E-state index is -0.271. The van der Waals surface area contributed by atoms with Crippen LogP contribution in [0.1, 0.15) is 24.4 Å². The first-order valence-electron chi connectivity index (χ1n) is 9.94. The van der Waals surface area contributed by atoms with Crippen LogP contribution in [0.2, 0.25) is 0 Å². The standard InChI is InChI=1S/C23H23FN2O3S2/c1-28-17-9-10-18(21(12-17)29-2)20-4-3-11-26(20)22(27)14-31-23-25-19(13-30-23)15-5-7-16(24)8-6-15/h5-10,12-13,20H,3-4,11,14H2,1-2H3. The third-order valence-corrected chi connectivity index (χ3v) is 7.32. The second-order valence-corrected chi connectivity index (χ2v) is 9.23. The molecule has 1 unspecified atom stereocenters. The number of nitrogens with zero attached hydrogens (tertiary/aromatic N) is 2. The number of methoxy groups -OCH3 is 2. The lowest BCUT2D eigenvalue weighted by Gasteiger charge is -2.26. The fraction of sp³-hybridized carbons (Fsp3) is 0.304. The number of benzene rings is 2. The molecule has 2 heterocycles. The molecule has 162 valence electrons. The number of hydrogen-bond acceptors (Lipinski definition) is 6. The van der Waals surface area contributed by atoms with Crippen LogP contribution >= 0.6 is 23.1 Å². The second-order valence-electron chi connectivity index (χ2n) is 7.15. The number of carbonyl (C=O) groups excluding carboxylic acids is 1. The minimum absolute atomic E-state index is 0.0000252. The lowest BCUT2D eigenvalue weighted by Crippen LogP contribution is -2.32. The smallest absolute Gasteiger partial charge is 0.233 e. The van der Waals surface area contributed by atoms with Gasteiger partial charge in [0.25, 0.3) is 0 Å². The maximum absolute atomic E-state index is 13.1. The van der Waals surface area contributed by atoms with E-state index in [0.29, 0.717) is 5.75 Å². The van der Waals surface area contributed by atoms with Gasteiger partial charge < -0.3 is 14.4 Å². The lowest BCUT2D eigenvalue weighted by molar-refractivity contribution is -0.129. The van der Waals surface area contributed by atoms with Crippen LogP contribution in [0, 0.1) is 5.82 Å². The molecule has 0 spiro atoms. The molecule has 8 heteroatoms. The number of rotatable bonds is 7. The summed E-state index contributed by atoms with van der Waals surface area (Å²) in [6.07, 6.45) is 1.87. The highest BCUT2D eigenvalue weighted by atomic mass is 32.2. The first kappa shape index (κ1) is 21.6. The molecule has 1 amide bonds. The van der Waals surface area contributed by atoms with Crippen molar-refractivity contribution >= 4 is 29.0 Å². The van der Waals surface area contributed by atoms with Crippen molar-refractivity contribution in [2.75, 3.05) is 26.5 Å². The van der Waals surface area contributed by atoms with Gasteiger partial charge in [0, 0.05) is 29.1 Å². The van der Waals surface area contributed by atoms with E-state index in [2.05, 4.69) is 4.98 Å². The molecule has 1 fully saturated rings. The number of amides is 1. The van der Waals surface area contributed by atoms with Crippen molar-refractivity contribution < 1.29 is 18.7 Å². The third kappa shape index (κ3) is 4.85. The van der Waals surface area contributed by atoms with Crippen LogP contribution in [0.5, 0.6) is 11.5 Å². The van der Waals surface area contributed by atoms with E-state index < -0.39 is 0 Å². The average Bonchev–Trinajstić information content (AvgIpc) is 3.47. The zero-order chi connectivity index (χ0) is 21.8. The van der Waals surface area contributed by atoms with Crippen molar-refractivity contribution in [1.82, 2.24) is 9.88 Å². The molecule has 31 heavy (non-hydrogen) atoms. The summed E-state index contributed by atoms with van der Waals surface area (Å²) in [5.74, 6) is 1.61. The van der Waals surface area contributed by atoms with Gasteiger partial charge in [0.15, 0.2) is 4.34 Å². The van der Waals surface area contributed by atoms with Gasteiger partial charge in [-0.1, -0.05) is 11.8 Å². The number of likely N-dealkylation sites (tertiary alicyclic amines) is 1. The molecule has 2 aromatic carbocycles. The highest BCUT2D eigenvalue weighted by Crippen LogP contribution is 2.39. The van der Waals surface area contributed by atoms with E-state index in [0.717, 1.165) is 52.0 Å². The summed E-state index contributed by atoms with van der Waals surface area (Å²) < 4.78 is 24.8. The van der Waals surface area contributed by atoms with E-state index >= 15 is 0 Å². The van der Waals surface area contributed by atoms with Crippen molar-refractivity contribution in [3.8, 4) is 22.8 Å². The van der Waals surface area contributed by atoms with Gasteiger partial charge in [-0.2, -0.15) is 0 Å². The normalized spacial score (nSPS) is 15.8. The Morgan fingerprint density at radius 3 is 2.77 bits per heavy atom. The summed E-state index contributed by atoms with van der Waals surface area (Å²) in [4.78, 5) is 19.5. The minimum Gasteiger partial charge on any atom is -0.497 e. The van der Waals surface area contributed by atoms with E-state index in [9.17, 15) is 9.18 Å². The lowest BCUT2D eigenvalue weighted by atomic mass is 10.0. The molecule has 0 bridgehead atoms. The Morgan fingerprint density at radius 2 is 2.03 bits per heavy atom. The fourth-order valence-electron chi connectivity index (χ4n) is 3.77. The molecule has 1 aliphatic heterocycles. The zero-order valence-corrected chi connectivity index (χ0v) is 19.0. The van der Waals surface area contributed by atoms with Crippen LogP contribution in [0.25, 0.3) is 11.3 Å². The fourth-order valence-corrected chi connectivity index (χ4v) is 5.49. The highest BCUT2D eigenvalue weighted by molar-refractivity contribution is 8.01. The monoisotopic (exact) mass is 458 g/mol. The summed E-state index contributed by atoms with van der Waals surface area (Å²) in [7, 11) is 3.26. The van der Waals surface area contributed by atoms with Gasteiger partial charge in [0.05, 0.1) is 31.7 Å². The van der Waals surface area contributed by atoms with Crippen LogP contribution in [0.4, 0.5) is 4.39 Å². The quantitative estimate of drug-likeness (QED) is 0.443. The number of thioether (sulfide) groups is 1. The Labute approximate surface area is 189 Å². The van der Waals surface area contributed by atoms with Crippen molar-refractivity contribution in [1.29, 1.82) is 0 Å². The number of thiazole rings is 1. The van der Waals surface area contributed by atoms with Crippen LogP contribution in [-0.4, -0.2) is 42.3 Å². The summed E-state index contributed by atoms with van der Waals surface area (Å²) in [6.45, 7) is 0.734. The van der Waals surface area contributed by atoms with Crippen molar-refractivity contribution in [2.45, 2.75) is 23.2 Å². The second kappa shape index (κ2) is 9.70. The number of ether oxygens (including phenoxy) is 2. The molecule has 1 aliphatic rings. The van der Waals surface area contributed by atoms with Crippen molar-refractivity contribution in [2.24, 2.45) is 0 Å². The molecular weight excluding hydrogens is 435 g/mol. The van der Waals surface area contributed by atoms with Gasteiger partial charge in [0.1, 0.15) is 17.3 Å². The SMILES string of the molecule is COc1ccc(C2CCCN2C(=O)CSc2nc(-c3ccc(F)cc3)cs2)c(OC)c1. The Bertz CT molecular complexity index is 1060. The van der Waals surface area contributed by atoms with Crippen LogP contribution in [0.3, 0.4) is 0 Å². The predicted octanol–water partition coefficient (Wildman–Crippen LogP) is 5.42. The van der Waals surface area contributed by atoms with E-state index in [1.807, 2.05) is 28.5 Å². The van der Waals surface area contributed by atoms with Gasteiger partial charge in [-0.25, -0.2) is 9.37 Å². The third-order valence-electron chi connectivity index (χ3n) is 5.32. The van der Waals surface area contributed by atoms with Gasteiger partial charge in [-0.3, -0.25) is 4.79 Å². The molecule has 1 aromatic heterocycles. The Morgan fingerprint density at radius 1 is 1.23 bits per heavy atom. The Hall–Kier alpha value is -2.58. The molecule has 1 atom stereocenters. The molecule has 3 aromatic rings. The largest absolute Gasteiger partial charge is 0.497 e. The Kier molecular flexibility index (Phi) is 6.77. The molecule has 0 aliphatic carbocycles. The maximum atomic E-state index is 13.1. The first-order valence-corrected chi connectivity index (χ1v) is 11.8. The first-order chi connectivity index (χ1) is 15.1. The maximum Gasteiger partial charge on any atom is 0.233 e. The predicted molar refractivity (Wildman–Crippen MR) is 121 cm³/mol. The summed E-state index contributed by atoms with van der Waals surface area (Å²) in [5, 5.41) is 1.93. The number of halogens is 1. The molecule has 1 saturated heterocycles. The summed E-state index contributed by atoms with van der Waals surface area (Å²) in [6, 6.07) is 12.0. The van der Waals surface area contributed by atoms with E-state index in [-0.39, 0.29) is 17.8 Å². The van der Waals surface area contributed by atoms with Gasteiger partial charge in [0.2, 0.25) is 5.91 Å². The van der Waals surface area contributed by atoms with Gasteiger partial charge in [-0.15, -0.1) is 11.3 Å². The number of carbonyl (C=O) groups is 1. The molecular formula is C23H23FN2O3S2. The number of aromatic nitrogens is 1. The molecule has 5 nitrogen and oxygen atoms in total. The molecule has 0 saturated carbocycles. The number of hydrogen-bond donors (Lipinski definition) is 0. The van der Waals surface area contributed by atoms with Gasteiger partial charge in [-0.05, 0) is 49.2 Å². The van der Waals surface area contributed by atoms with E-state index in [1.54, 1.807) is 26.4 Å². The molecule has 0 N–H and O–H groups in total. The van der Waals surface area contributed by atoms with Crippen molar-refractivity contribution in [3.05, 3.63) is 59.2 Å². The van der Waals surface area contributed by atoms with E-state index in [4.69, 9.17) is 9.47 Å². The van der Waals surface area contributed by atoms with Crippen LogP contribution in [-0.2, 0) is 4.79 Å². The van der Waals surface area contributed by atoms with Gasteiger partial charge >= 0.3 is 0 Å².